The van der Waals surface area contributed by atoms with Crippen LogP contribution in [0.2, 0.25) is 0 Å². The maximum absolute atomic E-state index is 9.54. The molecule has 0 unspecified atom stereocenters. The molecule has 2 aromatic rings. The SMILES string of the molecule is CC(C)c1nc(CN(C)[C@H](C)c2cccc(O)c2)no1. The van der Waals surface area contributed by atoms with Crippen LogP contribution in [-0.2, 0) is 6.54 Å². The van der Waals surface area contributed by atoms with E-state index >= 15 is 0 Å². The van der Waals surface area contributed by atoms with Crippen molar-refractivity contribution in [1.29, 1.82) is 0 Å². The van der Waals surface area contributed by atoms with Crippen molar-refractivity contribution in [3.05, 3.63) is 41.5 Å². The van der Waals surface area contributed by atoms with Crippen molar-refractivity contribution in [2.45, 2.75) is 39.3 Å². The van der Waals surface area contributed by atoms with Crippen molar-refractivity contribution in [2.24, 2.45) is 0 Å². The molecule has 0 saturated heterocycles. The van der Waals surface area contributed by atoms with E-state index in [0.717, 1.165) is 5.56 Å². The lowest BCUT2D eigenvalue weighted by Gasteiger charge is -2.23. The molecule has 0 aliphatic heterocycles. The van der Waals surface area contributed by atoms with Crippen molar-refractivity contribution in [1.82, 2.24) is 15.0 Å². The number of hydrogen-bond acceptors (Lipinski definition) is 5. The number of aromatic nitrogens is 2. The summed E-state index contributed by atoms with van der Waals surface area (Å²) in [5, 5.41) is 13.5. The van der Waals surface area contributed by atoms with Crippen LogP contribution in [0.25, 0.3) is 0 Å². The first-order valence-corrected chi connectivity index (χ1v) is 6.79. The molecule has 0 fully saturated rings. The number of hydrogen-bond donors (Lipinski definition) is 1. The fourth-order valence-corrected chi connectivity index (χ4v) is 1.97. The summed E-state index contributed by atoms with van der Waals surface area (Å²) in [6.45, 7) is 6.73. The van der Waals surface area contributed by atoms with E-state index in [1.807, 2.05) is 33.0 Å². The molecule has 1 heterocycles. The summed E-state index contributed by atoms with van der Waals surface area (Å²) in [4.78, 5) is 6.49. The largest absolute Gasteiger partial charge is 0.508 e. The minimum atomic E-state index is 0.156. The maximum Gasteiger partial charge on any atom is 0.229 e. The molecule has 0 radical (unpaired) electrons. The number of phenols is 1. The summed E-state index contributed by atoms with van der Waals surface area (Å²) >= 11 is 0. The predicted molar refractivity (Wildman–Crippen MR) is 76.4 cm³/mol. The van der Waals surface area contributed by atoms with Gasteiger partial charge in [-0.15, -0.1) is 0 Å². The Morgan fingerprint density at radius 3 is 2.65 bits per heavy atom. The second kappa shape index (κ2) is 6.05. The standard InChI is InChI=1S/C15H21N3O2/c1-10(2)15-16-14(17-20-15)9-18(4)11(3)12-6-5-7-13(19)8-12/h5-8,10-11,19H,9H2,1-4H3/t11-/m1/s1. The Kier molecular flexibility index (Phi) is 4.39. The summed E-state index contributed by atoms with van der Waals surface area (Å²) in [6.07, 6.45) is 0. The molecule has 108 valence electrons. The third-order valence-electron chi connectivity index (χ3n) is 3.38. The summed E-state index contributed by atoms with van der Waals surface area (Å²) in [7, 11) is 2.00. The summed E-state index contributed by atoms with van der Waals surface area (Å²) in [6, 6.07) is 7.45. The van der Waals surface area contributed by atoms with Gasteiger partial charge < -0.3 is 9.63 Å². The normalized spacial score (nSPS) is 13.1. The van der Waals surface area contributed by atoms with Crippen molar-refractivity contribution in [3.8, 4) is 5.75 Å². The van der Waals surface area contributed by atoms with E-state index in [4.69, 9.17) is 4.52 Å². The van der Waals surface area contributed by atoms with Crippen molar-refractivity contribution >= 4 is 0 Å². The lowest BCUT2D eigenvalue weighted by atomic mass is 10.1. The molecule has 1 aromatic heterocycles. The Hall–Kier alpha value is -1.88. The highest BCUT2D eigenvalue weighted by atomic mass is 16.5. The first kappa shape index (κ1) is 14.5. The topological polar surface area (TPSA) is 62.4 Å². The van der Waals surface area contributed by atoms with Gasteiger partial charge in [0.05, 0.1) is 6.54 Å². The van der Waals surface area contributed by atoms with Crippen molar-refractivity contribution < 1.29 is 9.63 Å². The molecule has 0 aliphatic carbocycles. The molecule has 0 aliphatic rings. The highest BCUT2D eigenvalue weighted by Crippen LogP contribution is 2.23. The Bertz CT molecular complexity index is 566. The fraction of sp³-hybridized carbons (Fsp3) is 0.467. The van der Waals surface area contributed by atoms with Crippen LogP contribution in [0.5, 0.6) is 5.75 Å². The van der Waals surface area contributed by atoms with Crippen molar-refractivity contribution in [3.63, 3.8) is 0 Å². The number of phenolic OH excluding ortho intramolecular Hbond substituents is 1. The van der Waals surface area contributed by atoms with E-state index in [-0.39, 0.29) is 17.7 Å². The van der Waals surface area contributed by atoms with Crippen LogP contribution in [0.15, 0.2) is 28.8 Å². The van der Waals surface area contributed by atoms with Crippen LogP contribution in [0.4, 0.5) is 0 Å². The predicted octanol–water partition coefficient (Wildman–Crippen LogP) is 3.09. The Balaban J connectivity index is 2.05. The molecule has 0 spiro atoms. The third kappa shape index (κ3) is 3.36. The molecule has 5 nitrogen and oxygen atoms in total. The lowest BCUT2D eigenvalue weighted by molar-refractivity contribution is 0.242. The maximum atomic E-state index is 9.54. The molecule has 1 aromatic carbocycles. The second-order valence-electron chi connectivity index (χ2n) is 5.39. The number of aromatic hydroxyl groups is 1. The van der Waals surface area contributed by atoms with Gasteiger partial charge in [0.1, 0.15) is 5.75 Å². The van der Waals surface area contributed by atoms with E-state index < -0.39 is 0 Å². The van der Waals surface area contributed by atoms with E-state index in [9.17, 15) is 5.11 Å². The molecule has 0 amide bonds. The quantitative estimate of drug-likeness (QED) is 0.908. The van der Waals surface area contributed by atoms with Crippen LogP contribution in [0.1, 0.15) is 50.0 Å². The molecule has 0 bridgehead atoms. The van der Waals surface area contributed by atoms with Gasteiger partial charge in [0.25, 0.3) is 0 Å². The molecule has 1 N–H and O–H groups in total. The van der Waals surface area contributed by atoms with Gasteiger partial charge in [-0.3, -0.25) is 4.90 Å². The van der Waals surface area contributed by atoms with Crippen LogP contribution in [0.3, 0.4) is 0 Å². The number of benzene rings is 1. The smallest absolute Gasteiger partial charge is 0.229 e. The van der Waals surface area contributed by atoms with Crippen LogP contribution < -0.4 is 0 Å². The summed E-state index contributed by atoms with van der Waals surface area (Å²) < 4.78 is 5.20. The van der Waals surface area contributed by atoms with Crippen LogP contribution in [-0.4, -0.2) is 27.2 Å². The van der Waals surface area contributed by atoms with Gasteiger partial charge in [-0.05, 0) is 31.7 Å². The molecular weight excluding hydrogens is 254 g/mol. The Morgan fingerprint density at radius 1 is 1.30 bits per heavy atom. The van der Waals surface area contributed by atoms with E-state index in [0.29, 0.717) is 18.3 Å². The monoisotopic (exact) mass is 275 g/mol. The van der Waals surface area contributed by atoms with E-state index in [2.05, 4.69) is 22.0 Å². The second-order valence-corrected chi connectivity index (χ2v) is 5.39. The van der Waals surface area contributed by atoms with E-state index in [1.54, 1.807) is 12.1 Å². The highest BCUT2D eigenvalue weighted by Gasteiger charge is 2.16. The van der Waals surface area contributed by atoms with Gasteiger partial charge in [0.15, 0.2) is 5.82 Å². The Labute approximate surface area is 119 Å². The van der Waals surface area contributed by atoms with Gasteiger partial charge in [-0.1, -0.05) is 31.1 Å². The highest BCUT2D eigenvalue weighted by molar-refractivity contribution is 5.29. The zero-order valence-electron chi connectivity index (χ0n) is 12.4. The van der Waals surface area contributed by atoms with Crippen LogP contribution in [0, 0.1) is 0 Å². The summed E-state index contributed by atoms with van der Waals surface area (Å²) in [5.74, 6) is 1.87. The van der Waals surface area contributed by atoms with Crippen LogP contribution >= 0.6 is 0 Å². The first-order chi connectivity index (χ1) is 9.47. The minimum absolute atomic E-state index is 0.156. The lowest BCUT2D eigenvalue weighted by Crippen LogP contribution is -2.22. The van der Waals surface area contributed by atoms with E-state index in [1.165, 1.54) is 0 Å². The average molecular weight is 275 g/mol. The third-order valence-corrected chi connectivity index (χ3v) is 3.38. The van der Waals surface area contributed by atoms with Gasteiger partial charge in [0, 0.05) is 12.0 Å². The summed E-state index contributed by atoms with van der Waals surface area (Å²) in [5.41, 5.74) is 1.06. The molecule has 1 atom stereocenters. The molecule has 5 heteroatoms. The number of rotatable bonds is 5. The van der Waals surface area contributed by atoms with Gasteiger partial charge in [-0.25, -0.2) is 0 Å². The van der Waals surface area contributed by atoms with Gasteiger partial charge in [0.2, 0.25) is 5.89 Å². The fourth-order valence-electron chi connectivity index (χ4n) is 1.97. The first-order valence-electron chi connectivity index (χ1n) is 6.79. The van der Waals surface area contributed by atoms with Gasteiger partial charge in [-0.2, -0.15) is 4.98 Å². The molecular formula is C15H21N3O2. The molecule has 2 rings (SSSR count). The van der Waals surface area contributed by atoms with Gasteiger partial charge >= 0.3 is 0 Å². The number of nitrogens with zero attached hydrogens (tertiary/aromatic N) is 3. The zero-order valence-corrected chi connectivity index (χ0v) is 12.4. The van der Waals surface area contributed by atoms with Crippen molar-refractivity contribution in [2.75, 3.05) is 7.05 Å². The zero-order chi connectivity index (χ0) is 14.7. The molecule has 20 heavy (non-hydrogen) atoms. The Morgan fingerprint density at radius 2 is 2.05 bits per heavy atom. The minimum Gasteiger partial charge on any atom is -0.508 e. The average Bonchev–Trinajstić information content (AvgIpc) is 2.86. The molecule has 0 saturated carbocycles.